The van der Waals surface area contributed by atoms with Crippen LogP contribution in [0, 0.1) is 0 Å². The Morgan fingerprint density at radius 1 is 0.960 bits per heavy atom. The van der Waals surface area contributed by atoms with Crippen LogP contribution in [0.1, 0.15) is 10.4 Å². The summed E-state index contributed by atoms with van der Waals surface area (Å²) in [5.74, 6) is 0.388. The lowest BCUT2D eigenvalue weighted by Crippen LogP contribution is -2.32. The molecule has 0 saturated carbocycles. The van der Waals surface area contributed by atoms with E-state index in [0.717, 1.165) is 16.1 Å². The van der Waals surface area contributed by atoms with E-state index in [1.807, 2.05) is 72.1 Å². The molecule has 0 bridgehead atoms. The van der Waals surface area contributed by atoms with Gasteiger partial charge in [0.25, 0.3) is 5.91 Å². The normalized spacial score (nSPS) is 15.7. The fourth-order valence-electron chi connectivity index (χ4n) is 2.66. The molecule has 0 fully saturated rings. The van der Waals surface area contributed by atoms with Gasteiger partial charge in [-0.3, -0.25) is 9.69 Å². The maximum Gasteiger partial charge on any atom is 0.282 e. The first-order valence-corrected chi connectivity index (χ1v) is 8.98. The van der Waals surface area contributed by atoms with Crippen LogP contribution in [-0.2, 0) is 4.79 Å². The molecule has 25 heavy (non-hydrogen) atoms. The Balaban J connectivity index is 1.86. The van der Waals surface area contributed by atoms with Gasteiger partial charge >= 0.3 is 0 Å². The number of hydrogen-bond donors (Lipinski definition) is 0. The Bertz CT molecular complexity index is 978. The zero-order chi connectivity index (χ0) is 17.2. The highest BCUT2D eigenvalue weighted by Crippen LogP contribution is 2.30. The molecule has 1 amide bonds. The predicted molar refractivity (Wildman–Crippen MR) is 104 cm³/mol. The van der Waals surface area contributed by atoms with Gasteiger partial charge in [-0.15, -0.1) is 11.3 Å². The van der Waals surface area contributed by atoms with E-state index in [-0.39, 0.29) is 5.91 Å². The number of para-hydroxylation sites is 1. The fourth-order valence-corrected chi connectivity index (χ4v) is 3.54. The highest BCUT2D eigenvalue weighted by Gasteiger charge is 2.33. The molecule has 122 valence electrons. The minimum atomic E-state index is -0.158. The molecule has 0 radical (unpaired) electrons. The average molecular weight is 365 g/mol. The van der Waals surface area contributed by atoms with E-state index in [9.17, 15) is 4.79 Å². The largest absolute Gasteiger partial charge is 0.282 e. The molecule has 2 aromatic carbocycles. The Morgan fingerprint density at radius 2 is 1.72 bits per heavy atom. The van der Waals surface area contributed by atoms with E-state index in [0.29, 0.717) is 16.6 Å². The first-order chi connectivity index (χ1) is 12.2. The van der Waals surface area contributed by atoms with Crippen molar-refractivity contribution in [2.45, 2.75) is 0 Å². The number of carbonyl (C=O) groups excluding carboxylic acids is 1. The molecule has 2 heterocycles. The molecule has 0 aliphatic carbocycles. The van der Waals surface area contributed by atoms with Gasteiger partial charge in [0.1, 0.15) is 11.5 Å². The Labute approximate surface area is 154 Å². The second-order valence-corrected chi connectivity index (χ2v) is 6.82. The Kier molecular flexibility index (Phi) is 4.22. The quantitative estimate of drug-likeness (QED) is 0.585. The summed E-state index contributed by atoms with van der Waals surface area (Å²) in [6.07, 6.45) is 1.81. The summed E-state index contributed by atoms with van der Waals surface area (Å²) < 4.78 is 0. The van der Waals surface area contributed by atoms with Crippen molar-refractivity contribution < 1.29 is 4.79 Å². The van der Waals surface area contributed by atoms with Crippen molar-refractivity contribution in [3.05, 3.63) is 93.3 Å². The highest BCUT2D eigenvalue weighted by molar-refractivity contribution is 7.10. The van der Waals surface area contributed by atoms with E-state index in [1.165, 1.54) is 0 Å². The van der Waals surface area contributed by atoms with Crippen molar-refractivity contribution in [1.82, 2.24) is 0 Å². The molecule has 5 heteroatoms. The number of anilines is 1. The fraction of sp³-hybridized carbons (Fsp3) is 0. The van der Waals surface area contributed by atoms with Gasteiger partial charge in [0.2, 0.25) is 0 Å². The van der Waals surface area contributed by atoms with Crippen LogP contribution in [0.5, 0.6) is 0 Å². The van der Waals surface area contributed by atoms with E-state index in [4.69, 9.17) is 11.6 Å². The third kappa shape index (κ3) is 3.02. The number of nitrogens with zero attached hydrogens (tertiary/aromatic N) is 2. The minimum absolute atomic E-state index is 0.158. The number of amidine groups is 1. The number of benzene rings is 2. The van der Waals surface area contributed by atoms with Crippen molar-refractivity contribution >= 4 is 46.4 Å². The Hall–Kier alpha value is -2.69. The molecule has 3 nitrogen and oxygen atoms in total. The van der Waals surface area contributed by atoms with Crippen molar-refractivity contribution in [3.8, 4) is 0 Å². The van der Waals surface area contributed by atoms with Crippen LogP contribution in [0.2, 0.25) is 5.02 Å². The number of rotatable bonds is 3. The maximum absolute atomic E-state index is 13.0. The lowest BCUT2D eigenvalue weighted by Gasteiger charge is -2.19. The van der Waals surface area contributed by atoms with Gasteiger partial charge < -0.3 is 0 Å². The van der Waals surface area contributed by atoms with Crippen LogP contribution in [0.4, 0.5) is 5.69 Å². The summed E-state index contributed by atoms with van der Waals surface area (Å²) in [6.45, 7) is 0. The van der Waals surface area contributed by atoms with Gasteiger partial charge in [0.05, 0.1) is 10.7 Å². The lowest BCUT2D eigenvalue weighted by atomic mass is 10.1. The minimum Gasteiger partial charge on any atom is -0.266 e. The highest BCUT2D eigenvalue weighted by atomic mass is 35.5. The zero-order valence-electron chi connectivity index (χ0n) is 13.1. The number of amides is 1. The molecule has 0 saturated heterocycles. The summed E-state index contributed by atoms with van der Waals surface area (Å²) in [4.78, 5) is 20.2. The molecule has 0 atom stereocenters. The van der Waals surface area contributed by atoms with Crippen LogP contribution in [-0.4, -0.2) is 11.7 Å². The summed E-state index contributed by atoms with van der Waals surface area (Å²) >= 11 is 7.93. The van der Waals surface area contributed by atoms with Crippen molar-refractivity contribution in [3.63, 3.8) is 0 Å². The number of thiophene rings is 1. The molecule has 4 rings (SSSR count). The third-order valence-electron chi connectivity index (χ3n) is 3.81. The molecule has 1 aromatic heterocycles. The third-order valence-corrected chi connectivity index (χ3v) is 4.96. The lowest BCUT2D eigenvalue weighted by molar-refractivity contribution is -0.113. The molecule has 1 aliphatic heterocycles. The smallest absolute Gasteiger partial charge is 0.266 e. The van der Waals surface area contributed by atoms with E-state index < -0.39 is 0 Å². The molecule has 0 N–H and O–H groups in total. The average Bonchev–Trinajstić information content (AvgIpc) is 3.25. The molecule has 1 aliphatic rings. The monoisotopic (exact) mass is 364 g/mol. The van der Waals surface area contributed by atoms with Crippen LogP contribution < -0.4 is 4.90 Å². The SMILES string of the molecule is O=C1/C(=C\c2cccs2)N=C(c2ccccc2Cl)N1c1ccccc1. The Morgan fingerprint density at radius 3 is 2.44 bits per heavy atom. The second-order valence-electron chi connectivity index (χ2n) is 5.44. The first-order valence-electron chi connectivity index (χ1n) is 7.72. The number of hydrogen-bond acceptors (Lipinski definition) is 3. The van der Waals surface area contributed by atoms with Gasteiger partial charge in [0, 0.05) is 10.4 Å². The summed E-state index contributed by atoms with van der Waals surface area (Å²) in [6, 6.07) is 20.8. The number of halogens is 1. The molecular weight excluding hydrogens is 352 g/mol. The van der Waals surface area contributed by atoms with Crippen LogP contribution >= 0.6 is 22.9 Å². The van der Waals surface area contributed by atoms with Crippen LogP contribution in [0.3, 0.4) is 0 Å². The number of aliphatic imine (C=N–C) groups is 1. The van der Waals surface area contributed by atoms with Gasteiger partial charge in [-0.05, 0) is 41.8 Å². The summed E-state index contributed by atoms with van der Waals surface area (Å²) in [7, 11) is 0. The topological polar surface area (TPSA) is 32.7 Å². The standard InChI is InChI=1S/C20H13ClN2OS/c21-17-11-5-4-10-16(17)19-22-18(13-15-9-6-12-25-15)20(24)23(19)14-7-2-1-3-8-14/h1-13H/b18-13+. The van der Waals surface area contributed by atoms with E-state index >= 15 is 0 Å². The van der Waals surface area contributed by atoms with Gasteiger partial charge in [0.15, 0.2) is 0 Å². The molecule has 0 unspecified atom stereocenters. The van der Waals surface area contributed by atoms with Crippen LogP contribution in [0.25, 0.3) is 6.08 Å². The molecular formula is C20H13ClN2OS. The molecule has 3 aromatic rings. The van der Waals surface area contributed by atoms with Crippen molar-refractivity contribution in [2.75, 3.05) is 4.90 Å². The zero-order valence-corrected chi connectivity index (χ0v) is 14.7. The van der Waals surface area contributed by atoms with Gasteiger partial charge in [-0.1, -0.05) is 48.0 Å². The maximum atomic E-state index is 13.0. The number of carbonyl (C=O) groups is 1. The van der Waals surface area contributed by atoms with E-state index in [2.05, 4.69) is 4.99 Å². The first kappa shape index (κ1) is 15.8. The van der Waals surface area contributed by atoms with E-state index in [1.54, 1.807) is 22.3 Å². The predicted octanol–water partition coefficient (Wildman–Crippen LogP) is 5.24. The van der Waals surface area contributed by atoms with Crippen molar-refractivity contribution in [1.29, 1.82) is 0 Å². The summed E-state index contributed by atoms with van der Waals surface area (Å²) in [5, 5.41) is 2.53. The van der Waals surface area contributed by atoms with Gasteiger partial charge in [-0.25, -0.2) is 4.99 Å². The van der Waals surface area contributed by atoms with Crippen molar-refractivity contribution in [2.24, 2.45) is 4.99 Å². The molecule has 0 spiro atoms. The second kappa shape index (κ2) is 6.67. The summed E-state index contributed by atoms with van der Waals surface area (Å²) in [5.41, 5.74) is 1.90. The van der Waals surface area contributed by atoms with Gasteiger partial charge in [-0.2, -0.15) is 0 Å². The van der Waals surface area contributed by atoms with Crippen LogP contribution in [0.15, 0.2) is 82.8 Å².